The summed E-state index contributed by atoms with van der Waals surface area (Å²) in [7, 11) is 0. The molecule has 7 heteroatoms. The molecule has 0 spiro atoms. The van der Waals surface area contributed by atoms with Crippen molar-refractivity contribution in [1.29, 1.82) is 0 Å². The van der Waals surface area contributed by atoms with Crippen LogP contribution >= 0.6 is 0 Å². The second-order valence-corrected chi connectivity index (χ2v) is 7.49. The monoisotopic (exact) mass is 365 g/mol. The maximum absolute atomic E-state index is 12.2. The highest BCUT2D eigenvalue weighted by molar-refractivity contribution is 5.74. The van der Waals surface area contributed by atoms with Crippen molar-refractivity contribution in [2.45, 2.75) is 90.7 Å². The van der Waals surface area contributed by atoms with Gasteiger partial charge in [-0.05, 0) is 33.6 Å². The van der Waals surface area contributed by atoms with Gasteiger partial charge < -0.3 is 20.1 Å². The number of hydrogen-bond donors (Lipinski definition) is 2. The Morgan fingerprint density at radius 3 is 2.38 bits per heavy atom. The second kappa shape index (κ2) is 9.58. The summed E-state index contributed by atoms with van der Waals surface area (Å²) in [4.78, 5) is 27.4. The van der Waals surface area contributed by atoms with Crippen LogP contribution in [-0.2, 0) is 14.3 Å². The normalized spacial score (nSPS) is 23.0. The van der Waals surface area contributed by atoms with Gasteiger partial charge in [0.15, 0.2) is 5.70 Å². The summed E-state index contributed by atoms with van der Waals surface area (Å²) in [5.74, 6) is -0.219. The van der Waals surface area contributed by atoms with E-state index in [1.165, 1.54) is 6.92 Å². The summed E-state index contributed by atoms with van der Waals surface area (Å²) in [6.45, 7) is 18.2. The van der Waals surface area contributed by atoms with Gasteiger partial charge in [-0.1, -0.05) is 19.9 Å². The fourth-order valence-corrected chi connectivity index (χ4v) is 2.87. The molecule has 0 fully saturated rings. The summed E-state index contributed by atoms with van der Waals surface area (Å²) in [6.07, 6.45) is 2.66. The number of nitrogens with one attached hydrogen (secondary N) is 2. The molecular formula is C19H31N3O4. The fraction of sp³-hybridized carbons (Fsp3) is 0.737. The highest BCUT2D eigenvalue weighted by atomic mass is 16.6. The Morgan fingerprint density at radius 1 is 1.31 bits per heavy atom. The second-order valence-electron chi connectivity index (χ2n) is 7.49. The molecular weight excluding hydrogens is 334 g/mol. The van der Waals surface area contributed by atoms with Gasteiger partial charge in [0.25, 0.3) is 0 Å². The molecule has 2 amide bonds. The van der Waals surface area contributed by atoms with Crippen molar-refractivity contribution >= 4 is 12.0 Å². The van der Waals surface area contributed by atoms with E-state index in [0.717, 1.165) is 12.8 Å². The van der Waals surface area contributed by atoms with Crippen LogP contribution in [0.1, 0.15) is 60.8 Å². The molecule has 0 heterocycles. The molecule has 3 atom stereocenters. The average Bonchev–Trinajstić information content (AvgIpc) is 2.52. The number of amides is 2. The van der Waals surface area contributed by atoms with Crippen LogP contribution in [0.2, 0.25) is 0 Å². The van der Waals surface area contributed by atoms with Gasteiger partial charge in [0.2, 0.25) is 5.91 Å². The Hall–Kier alpha value is -2.07. The highest BCUT2D eigenvalue weighted by Crippen LogP contribution is 2.25. The van der Waals surface area contributed by atoms with Gasteiger partial charge in [0, 0.05) is 13.3 Å². The van der Waals surface area contributed by atoms with E-state index in [0.29, 0.717) is 12.1 Å². The van der Waals surface area contributed by atoms with E-state index in [1.807, 2.05) is 13.8 Å². The lowest BCUT2D eigenvalue weighted by atomic mass is 9.90. The standard InChI is InChI=1S/C19H31N3O4/c1-8-14(9-2)25-16-11-13(20-7)10-15(17(16)21-12(3)23)22-18(24)26-19(4,5)6/h11,14-17H,8-10H2,1-6H3,(H,21,23)(H,22,24)/t15-,16+,17+/m0/s1. The zero-order chi connectivity index (χ0) is 19.9. The van der Waals surface area contributed by atoms with Crippen molar-refractivity contribution in [3.63, 3.8) is 0 Å². The van der Waals surface area contributed by atoms with Gasteiger partial charge in [-0.2, -0.15) is 0 Å². The van der Waals surface area contributed by atoms with Crippen molar-refractivity contribution in [3.05, 3.63) is 23.2 Å². The lowest BCUT2D eigenvalue weighted by molar-refractivity contribution is -0.121. The molecule has 2 N–H and O–H groups in total. The third-order valence-electron chi connectivity index (χ3n) is 4.05. The molecule has 0 aromatic carbocycles. The molecule has 146 valence electrons. The summed E-state index contributed by atoms with van der Waals surface area (Å²) in [5.41, 5.74) is -0.129. The number of ether oxygens (including phenoxy) is 2. The molecule has 0 aromatic rings. The Labute approximate surface area is 156 Å². The van der Waals surface area contributed by atoms with E-state index in [4.69, 9.17) is 16.0 Å². The Bertz CT molecular complexity index is 570. The van der Waals surface area contributed by atoms with Crippen molar-refractivity contribution in [2.75, 3.05) is 0 Å². The first kappa shape index (κ1) is 22.0. The number of hydrogen-bond acceptors (Lipinski definition) is 4. The number of alkyl carbamates (subject to hydrolysis) is 1. The number of rotatable bonds is 6. The van der Waals surface area contributed by atoms with Crippen molar-refractivity contribution in [3.8, 4) is 0 Å². The first-order valence-electron chi connectivity index (χ1n) is 9.09. The number of carbonyl (C=O) groups is 2. The molecule has 0 saturated carbocycles. The number of carbonyl (C=O) groups excluding carboxylic acids is 2. The van der Waals surface area contributed by atoms with Crippen LogP contribution in [0, 0.1) is 6.57 Å². The van der Waals surface area contributed by atoms with Gasteiger partial charge in [-0.15, -0.1) is 0 Å². The first-order valence-corrected chi connectivity index (χ1v) is 9.09. The van der Waals surface area contributed by atoms with Crippen molar-refractivity contribution in [2.24, 2.45) is 0 Å². The third kappa shape index (κ3) is 7.04. The Morgan fingerprint density at radius 2 is 1.92 bits per heavy atom. The lowest BCUT2D eigenvalue weighted by Crippen LogP contribution is -2.59. The predicted molar refractivity (Wildman–Crippen MR) is 99.3 cm³/mol. The summed E-state index contributed by atoms with van der Waals surface area (Å²) >= 11 is 0. The van der Waals surface area contributed by atoms with Gasteiger partial charge in [0.05, 0.1) is 30.9 Å². The van der Waals surface area contributed by atoms with E-state index in [1.54, 1.807) is 26.8 Å². The third-order valence-corrected chi connectivity index (χ3v) is 4.05. The molecule has 0 radical (unpaired) electrons. The van der Waals surface area contributed by atoms with E-state index in [2.05, 4.69) is 15.5 Å². The van der Waals surface area contributed by atoms with Crippen LogP contribution < -0.4 is 10.6 Å². The highest BCUT2D eigenvalue weighted by Gasteiger charge is 2.37. The number of nitrogens with zero attached hydrogens (tertiary/aromatic N) is 1. The Balaban J connectivity index is 3.05. The largest absolute Gasteiger partial charge is 0.444 e. The molecule has 1 rings (SSSR count). The maximum Gasteiger partial charge on any atom is 0.407 e. The molecule has 7 nitrogen and oxygen atoms in total. The van der Waals surface area contributed by atoms with Crippen LogP contribution in [0.3, 0.4) is 0 Å². The summed E-state index contributed by atoms with van der Waals surface area (Å²) in [6, 6.07) is -0.951. The van der Waals surface area contributed by atoms with Gasteiger partial charge in [-0.25, -0.2) is 9.64 Å². The average molecular weight is 365 g/mol. The summed E-state index contributed by atoms with van der Waals surface area (Å²) in [5, 5.41) is 5.66. The zero-order valence-electron chi connectivity index (χ0n) is 16.6. The van der Waals surface area contributed by atoms with Crippen LogP contribution in [0.25, 0.3) is 4.85 Å². The van der Waals surface area contributed by atoms with Crippen LogP contribution in [0.4, 0.5) is 4.79 Å². The quantitative estimate of drug-likeness (QED) is 0.709. The minimum Gasteiger partial charge on any atom is -0.444 e. The first-order chi connectivity index (χ1) is 12.1. The van der Waals surface area contributed by atoms with Gasteiger partial charge in [0.1, 0.15) is 5.60 Å². The molecule has 1 aliphatic carbocycles. The van der Waals surface area contributed by atoms with Crippen molar-refractivity contribution < 1.29 is 19.1 Å². The molecule has 1 aliphatic rings. The molecule has 26 heavy (non-hydrogen) atoms. The topological polar surface area (TPSA) is 81.0 Å². The lowest BCUT2D eigenvalue weighted by Gasteiger charge is -2.38. The molecule has 0 unspecified atom stereocenters. The molecule has 0 saturated heterocycles. The van der Waals surface area contributed by atoms with E-state index in [-0.39, 0.29) is 12.0 Å². The van der Waals surface area contributed by atoms with Gasteiger partial charge in [-0.3, -0.25) is 4.79 Å². The molecule has 0 bridgehead atoms. The van der Waals surface area contributed by atoms with E-state index >= 15 is 0 Å². The molecule has 0 aromatic heterocycles. The zero-order valence-corrected chi connectivity index (χ0v) is 16.6. The van der Waals surface area contributed by atoms with E-state index in [9.17, 15) is 9.59 Å². The minimum absolute atomic E-state index is 0.0137. The fourth-order valence-electron chi connectivity index (χ4n) is 2.87. The van der Waals surface area contributed by atoms with Crippen LogP contribution in [0.5, 0.6) is 0 Å². The van der Waals surface area contributed by atoms with Gasteiger partial charge >= 0.3 is 6.09 Å². The SMILES string of the molecule is [C-]#[N+]C1=C[C@@H](OC(CC)CC)[C@H](NC(C)=O)[C@@H](NC(=O)OC(C)(C)C)C1. The maximum atomic E-state index is 12.2. The van der Waals surface area contributed by atoms with Crippen LogP contribution in [0.15, 0.2) is 11.8 Å². The smallest absolute Gasteiger partial charge is 0.407 e. The van der Waals surface area contributed by atoms with Crippen LogP contribution in [-0.4, -0.2) is 41.9 Å². The van der Waals surface area contributed by atoms with E-state index < -0.39 is 29.9 Å². The Kier molecular flexibility index (Phi) is 8.09. The minimum atomic E-state index is -0.633. The molecule has 0 aliphatic heterocycles. The predicted octanol–water partition coefficient (Wildman–Crippen LogP) is 3.17. The van der Waals surface area contributed by atoms with Crippen molar-refractivity contribution in [1.82, 2.24) is 10.6 Å². The summed E-state index contributed by atoms with van der Waals surface area (Å²) < 4.78 is 11.4.